The first kappa shape index (κ1) is 15.6. The van der Waals surface area contributed by atoms with Crippen LogP contribution in [0.2, 0.25) is 0 Å². The molecule has 2 N–H and O–H groups in total. The largest absolute Gasteiger partial charge is 0.480 e. The molecule has 104 valence electrons. The summed E-state index contributed by atoms with van der Waals surface area (Å²) in [6.07, 6.45) is 0.129. The van der Waals surface area contributed by atoms with Gasteiger partial charge in [-0.25, -0.2) is 9.18 Å². The summed E-state index contributed by atoms with van der Waals surface area (Å²) in [6.45, 7) is 0.196. The first-order valence-corrected chi connectivity index (χ1v) is 6.23. The molecule has 0 bridgehead atoms. The number of carbonyl (C=O) groups excluding carboxylic acids is 1. The van der Waals surface area contributed by atoms with E-state index in [0.717, 1.165) is 0 Å². The van der Waals surface area contributed by atoms with Crippen molar-refractivity contribution in [3.8, 4) is 0 Å². The van der Waals surface area contributed by atoms with Crippen LogP contribution in [0.25, 0.3) is 0 Å². The molecule has 0 aliphatic rings. The zero-order valence-corrected chi connectivity index (χ0v) is 11.7. The minimum atomic E-state index is -1.17. The number of nitrogens with one attached hydrogen (secondary N) is 1. The Bertz CT molecular complexity index is 481. The molecule has 0 saturated carbocycles. The van der Waals surface area contributed by atoms with Crippen LogP contribution < -0.4 is 5.32 Å². The van der Waals surface area contributed by atoms with Crippen LogP contribution >= 0.6 is 15.9 Å². The molecule has 1 aromatic rings. The Kier molecular flexibility index (Phi) is 5.91. The Morgan fingerprint density at radius 2 is 2.21 bits per heavy atom. The van der Waals surface area contributed by atoms with E-state index < -0.39 is 23.7 Å². The quantitative estimate of drug-likeness (QED) is 0.832. The van der Waals surface area contributed by atoms with E-state index in [1.54, 1.807) is 0 Å². The van der Waals surface area contributed by atoms with E-state index in [1.807, 2.05) is 0 Å². The second kappa shape index (κ2) is 7.20. The van der Waals surface area contributed by atoms with Gasteiger partial charge in [-0.2, -0.15) is 0 Å². The van der Waals surface area contributed by atoms with Gasteiger partial charge in [0.1, 0.15) is 11.9 Å². The van der Waals surface area contributed by atoms with Gasteiger partial charge in [-0.3, -0.25) is 4.79 Å². The second-order valence-corrected chi connectivity index (χ2v) is 4.54. The summed E-state index contributed by atoms with van der Waals surface area (Å²) < 4.78 is 18.0. The lowest BCUT2D eigenvalue weighted by atomic mass is 10.1. The van der Waals surface area contributed by atoms with Crippen molar-refractivity contribution in [2.75, 3.05) is 13.7 Å². The predicted octanol–water partition coefficient (Wildman–Crippen LogP) is 1.81. The molecular weight excluding hydrogens is 321 g/mol. The minimum absolute atomic E-state index is 0.00313. The fourth-order valence-electron chi connectivity index (χ4n) is 1.41. The monoisotopic (exact) mass is 333 g/mol. The third-order valence-electron chi connectivity index (χ3n) is 2.41. The van der Waals surface area contributed by atoms with Gasteiger partial charge in [0.05, 0.1) is 10.0 Å². The number of carboxylic acid groups (broad SMARTS) is 1. The molecule has 1 amide bonds. The van der Waals surface area contributed by atoms with Crippen molar-refractivity contribution < 1.29 is 23.8 Å². The summed E-state index contributed by atoms with van der Waals surface area (Å²) in [7, 11) is 1.43. The molecule has 1 rings (SSSR count). The first-order chi connectivity index (χ1) is 8.97. The van der Waals surface area contributed by atoms with Gasteiger partial charge in [-0.05, 0) is 28.1 Å². The number of hydrogen-bond acceptors (Lipinski definition) is 3. The fourth-order valence-corrected chi connectivity index (χ4v) is 1.85. The van der Waals surface area contributed by atoms with E-state index in [9.17, 15) is 14.0 Å². The van der Waals surface area contributed by atoms with Crippen LogP contribution in [0.3, 0.4) is 0 Å². The van der Waals surface area contributed by atoms with Gasteiger partial charge in [-0.1, -0.05) is 6.07 Å². The van der Waals surface area contributed by atoms with Gasteiger partial charge in [0.15, 0.2) is 0 Å². The predicted molar refractivity (Wildman–Crippen MR) is 69.5 cm³/mol. The SMILES string of the molecule is COCCC(NC(=O)c1cccc(F)c1Br)C(=O)O. The minimum Gasteiger partial charge on any atom is -0.480 e. The van der Waals surface area contributed by atoms with Crippen molar-refractivity contribution in [2.45, 2.75) is 12.5 Å². The second-order valence-electron chi connectivity index (χ2n) is 3.75. The van der Waals surface area contributed by atoms with Crippen molar-refractivity contribution >= 4 is 27.8 Å². The number of carbonyl (C=O) groups is 2. The molecule has 0 spiro atoms. The van der Waals surface area contributed by atoms with Crippen LogP contribution in [-0.4, -0.2) is 36.7 Å². The average molecular weight is 334 g/mol. The highest BCUT2D eigenvalue weighted by atomic mass is 79.9. The molecule has 7 heteroatoms. The van der Waals surface area contributed by atoms with E-state index in [1.165, 1.54) is 25.3 Å². The fraction of sp³-hybridized carbons (Fsp3) is 0.333. The summed E-state index contributed by atoms with van der Waals surface area (Å²) in [6, 6.07) is 2.89. The highest BCUT2D eigenvalue weighted by Gasteiger charge is 2.22. The molecule has 5 nitrogen and oxygen atoms in total. The van der Waals surface area contributed by atoms with E-state index in [0.29, 0.717) is 0 Å². The van der Waals surface area contributed by atoms with Crippen molar-refractivity contribution in [2.24, 2.45) is 0 Å². The van der Waals surface area contributed by atoms with Gasteiger partial charge in [-0.15, -0.1) is 0 Å². The number of ether oxygens (including phenoxy) is 1. The van der Waals surface area contributed by atoms with Crippen molar-refractivity contribution in [1.29, 1.82) is 0 Å². The lowest BCUT2D eigenvalue weighted by Gasteiger charge is -2.14. The van der Waals surface area contributed by atoms with E-state index in [4.69, 9.17) is 9.84 Å². The number of halogens is 2. The molecule has 0 aliphatic heterocycles. The normalized spacial score (nSPS) is 11.9. The van der Waals surface area contributed by atoms with E-state index >= 15 is 0 Å². The lowest BCUT2D eigenvalue weighted by Crippen LogP contribution is -2.41. The molecule has 1 aromatic carbocycles. The molecule has 0 heterocycles. The van der Waals surface area contributed by atoms with Gasteiger partial charge < -0.3 is 15.2 Å². The molecule has 0 aromatic heterocycles. The topological polar surface area (TPSA) is 75.6 Å². The van der Waals surface area contributed by atoms with Crippen molar-refractivity contribution in [3.05, 3.63) is 34.1 Å². The summed E-state index contributed by atoms with van der Waals surface area (Å²) in [5.41, 5.74) is 0.0451. The third-order valence-corrected chi connectivity index (χ3v) is 3.22. The Morgan fingerprint density at radius 3 is 2.79 bits per heavy atom. The number of amides is 1. The lowest BCUT2D eigenvalue weighted by molar-refractivity contribution is -0.139. The van der Waals surface area contributed by atoms with Crippen LogP contribution in [0.15, 0.2) is 22.7 Å². The molecule has 1 atom stereocenters. The van der Waals surface area contributed by atoms with Gasteiger partial charge >= 0.3 is 5.97 Å². The number of benzene rings is 1. The molecule has 0 aliphatic carbocycles. The molecule has 0 fully saturated rings. The van der Waals surface area contributed by atoms with Crippen molar-refractivity contribution in [3.63, 3.8) is 0 Å². The van der Waals surface area contributed by atoms with Gasteiger partial charge in [0.25, 0.3) is 5.91 Å². The van der Waals surface area contributed by atoms with Crippen LogP contribution in [0.5, 0.6) is 0 Å². The van der Waals surface area contributed by atoms with Gasteiger partial charge in [0.2, 0.25) is 0 Å². The Hall–Kier alpha value is -1.47. The summed E-state index contributed by atoms with van der Waals surface area (Å²) in [4.78, 5) is 22.9. The molecule has 0 radical (unpaired) electrons. The highest BCUT2D eigenvalue weighted by Crippen LogP contribution is 2.20. The zero-order valence-electron chi connectivity index (χ0n) is 10.2. The number of methoxy groups -OCH3 is 1. The maximum absolute atomic E-state index is 13.3. The molecule has 1 unspecified atom stereocenters. The summed E-state index contributed by atoms with van der Waals surface area (Å²) >= 11 is 2.95. The molecule has 0 saturated heterocycles. The number of hydrogen-bond donors (Lipinski definition) is 2. The number of aliphatic carboxylic acids is 1. The maximum Gasteiger partial charge on any atom is 0.326 e. The summed E-state index contributed by atoms with van der Waals surface area (Å²) in [5.74, 6) is -2.41. The summed E-state index contributed by atoms with van der Waals surface area (Å²) in [5, 5.41) is 11.3. The number of carboxylic acids is 1. The zero-order chi connectivity index (χ0) is 14.4. The molecule has 19 heavy (non-hydrogen) atoms. The maximum atomic E-state index is 13.3. The van der Waals surface area contributed by atoms with Gasteiger partial charge in [0, 0.05) is 20.1 Å². The third kappa shape index (κ3) is 4.29. The van der Waals surface area contributed by atoms with Crippen LogP contribution in [0, 0.1) is 5.82 Å². The smallest absolute Gasteiger partial charge is 0.326 e. The standard InChI is InChI=1S/C12H13BrFNO4/c1-19-6-5-9(12(17)18)15-11(16)7-3-2-4-8(14)10(7)13/h2-4,9H,5-6H2,1H3,(H,15,16)(H,17,18). The van der Waals surface area contributed by atoms with E-state index in [-0.39, 0.29) is 23.1 Å². The molecular formula is C12H13BrFNO4. The van der Waals surface area contributed by atoms with Crippen LogP contribution in [-0.2, 0) is 9.53 Å². The average Bonchev–Trinajstić information content (AvgIpc) is 2.37. The number of rotatable bonds is 6. The highest BCUT2D eigenvalue weighted by molar-refractivity contribution is 9.10. The Labute approximate surface area is 117 Å². The van der Waals surface area contributed by atoms with E-state index in [2.05, 4.69) is 21.2 Å². The van der Waals surface area contributed by atoms with Crippen molar-refractivity contribution in [1.82, 2.24) is 5.32 Å². The van der Waals surface area contributed by atoms with Crippen LogP contribution in [0.4, 0.5) is 4.39 Å². The Morgan fingerprint density at radius 1 is 1.53 bits per heavy atom. The first-order valence-electron chi connectivity index (χ1n) is 5.44. The van der Waals surface area contributed by atoms with Crippen LogP contribution in [0.1, 0.15) is 16.8 Å². The Balaban J connectivity index is 2.82.